The van der Waals surface area contributed by atoms with E-state index in [4.69, 9.17) is 9.84 Å². The maximum atomic E-state index is 11.1. The van der Waals surface area contributed by atoms with Crippen molar-refractivity contribution < 1.29 is 31.1 Å². The second-order valence-corrected chi connectivity index (χ2v) is 4.35. The number of aromatic carboxylic acids is 1. The smallest absolute Gasteiger partial charge is 0.339 e. The van der Waals surface area contributed by atoms with Crippen LogP contribution in [0.1, 0.15) is 49.5 Å². The first-order valence-corrected chi connectivity index (χ1v) is 5.46. The number of para-hydroxylation sites is 1. The van der Waals surface area contributed by atoms with Crippen molar-refractivity contribution in [3.05, 3.63) is 29.3 Å². The number of carbonyl (C=O) groups is 1. The summed E-state index contributed by atoms with van der Waals surface area (Å²) in [4.78, 5) is 11.1. The van der Waals surface area contributed by atoms with Gasteiger partial charge in [0.15, 0.2) is 0 Å². The Morgan fingerprint density at radius 1 is 1.24 bits per heavy atom. The summed E-state index contributed by atoms with van der Waals surface area (Å²) in [6, 6.07) is 5.24. The molecule has 0 saturated carbocycles. The fourth-order valence-electron chi connectivity index (χ4n) is 1.55. The molecule has 98 valence electrons. The summed E-state index contributed by atoms with van der Waals surface area (Å²) in [7, 11) is 0. The molecule has 0 amide bonds. The van der Waals surface area contributed by atoms with Crippen LogP contribution in [0, 0.1) is 0 Å². The molecule has 1 rings (SSSR count). The van der Waals surface area contributed by atoms with Gasteiger partial charge in [-0.2, -0.15) is 0 Å². The predicted octanol–water partition coefficient (Wildman–Crippen LogP) is 3.29. The molecule has 0 aliphatic rings. The normalized spacial score (nSPS) is 10.2. The van der Waals surface area contributed by atoms with Crippen LogP contribution < -0.4 is 4.74 Å². The van der Waals surface area contributed by atoms with Crippen LogP contribution in [0.5, 0.6) is 5.75 Å². The molecule has 0 aliphatic carbocycles. The Morgan fingerprint density at radius 3 is 2.24 bits per heavy atom. The van der Waals surface area contributed by atoms with Gasteiger partial charge in [-0.3, -0.25) is 0 Å². The Bertz CT molecular complexity index is 386. The van der Waals surface area contributed by atoms with E-state index < -0.39 is 5.97 Å². The molecule has 17 heavy (non-hydrogen) atoms. The van der Waals surface area contributed by atoms with Gasteiger partial charge < -0.3 is 9.84 Å². The quantitative estimate of drug-likeness (QED) is 0.861. The minimum absolute atomic E-state index is 0. The fourth-order valence-corrected chi connectivity index (χ4v) is 1.55. The van der Waals surface area contributed by atoms with Crippen LogP contribution in [0.25, 0.3) is 0 Å². The molecule has 4 heteroatoms. The van der Waals surface area contributed by atoms with E-state index >= 15 is 0 Å². The number of hydrogen-bond donors (Lipinski definition) is 1. The van der Waals surface area contributed by atoms with Crippen LogP contribution in [-0.2, 0) is 16.5 Å². The number of carboxylic acids is 1. The van der Waals surface area contributed by atoms with Crippen LogP contribution >= 0.6 is 0 Å². The molecule has 0 fully saturated rings. The van der Waals surface area contributed by atoms with Crippen LogP contribution in [0.4, 0.5) is 0 Å². The summed E-state index contributed by atoms with van der Waals surface area (Å²) in [5, 5.41) is 9.10. The molecule has 3 nitrogen and oxygen atoms in total. The van der Waals surface area contributed by atoms with Gasteiger partial charge >= 0.3 is 5.97 Å². The molecule has 1 aromatic carbocycles. The number of rotatable bonds is 4. The fraction of sp³-hybridized carbons (Fsp3) is 0.462. The van der Waals surface area contributed by atoms with Gasteiger partial charge in [-0.05, 0) is 31.4 Å². The molecular weight excluding hydrogens is 263 g/mol. The molecule has 0 spiro atoms. The van der Waals surface area contributed by atoms with E-state index in [-0.39, 0.29) is 34.1 Å². The summed E-state index contributed by atoms with van der Waals surface area (Å²) in [6.07, 6.45) is -0.0296. The summed E-state index contributed by atoms with van der Waals surface area (Å²) >= 11 is 0. The molecule has 0 bridgehead atoms. The van der Waals surface area contributed by atoms with Crippen molar-refractivity contribution >= 4 is 5.97 Å². The molecule has 0 aliphatic heterocycles. The standard InChI is InChI=1S/C13H18O3.Ni/c1-8(2)10-6-5-7-11(13(14)15)12(10)16-9(3)4;/h5-9H,1-4H3,(H,14,15);. The molecule has 0 atom stereocenters. The van der Waals surface area contributed by atoms with E-state index in [1.54, 1.807) is 12.1 Å². The van der Waals surface area contributed by atoms with Crippen molar-refractivity contribution in [2.24, 2.45) is 0 Å². The minimum atomic E-state index is -0.946. The van der Waals surface area contributed by atoms with E-state index in [0.717, 1.165) is 5.56 Å². The van der Waals surface area contributed by atoms with Crippen LogP contribution in [0.3, 0.4) is 0 Å². The van der Waals surface area contributed by atoms with Gasteiger partial charge in [0, 0.05) is 16.5 Å². The third-order valence-corrected chi connectivity index (χ3v) is 2.25. The molecule has 0 aromatic heterocycles. The Kier molecular flexibility index (Phi) is 6.26. The zero-order valence-corrected chi connectivity index (χ0v) is 11.5. The summed E-state index contributed by atoms with van der Waals surface area (Å²) in [5.74, 6) is -0.203. The Labute approximate surface area is 112 Å². The van der Waals surface area contributed by atoms with Gasteiger partial charge in [0.1, 0.15) is 11.3 Å². The average molecular weight is 281 g/mol. The van der Waals surface area contributed by atoms with E-state index in [1.165, 1.54) is 0 Å². The number of hydrogen-bond acceptors (Lipinski definition) is 2. The van der Waals surface area contributed by atoms with Crippen molar-refractivity contribution in [2.75, 3.05) is 0 Å². The van der Waals surface area contributed by atoms with Crippen LogP contribution in [0.2, 0.25) is 0 Å². The first-order chi connectivity index (χ1) is 7.43. The zero-order valence-electron chi connectivity index (χ0n) is 10.5. The summed E-state index contributed by atoms with van der Waals surface area (Å²) in [5.41, 5.74) is 1.17. The molecule has 1 N–H and O–H groups in total. The Morgan fingerprint density at radius 2 is 1.82 bits per heavy atom. The topological polar surface area (TPSA) is 46.5 Å². The van der Waals surface area contributed by atoms with E-state index in [1.807, 2.05) is 33.8 Å². The zero-order chi connectivity index (χ0) is 12.3. The van der Waals surface area contributed by atoms with Crippen molar-refractivity contribution in [3.63, 3.8) is 0 Å². The van der Waals surface area contributed by atoms with Crippen LogP contribution in [0.15, 0.2) is 18.2 Å². The van der Waals surface area contributed by atoms with Gasteiger partial charge in [0.25, 0.3) is 0 Å². The first kappa shape index (κ1) is 16.0. The summed E-state index contributed by atoms with van der Waals surface area (Å²) in [6.45, 7) is 7.83. The SMILES string of the molecule is CC(C)Oc1c(C(=O)O)cccc1C(C)C.[Ni]. The molecule has 0 radical (unpaired) electrons. The second kappa shape index (κ2) is 6.65. The van der Waals surface area contributed by atoms with Gasteiger partial charge in [-0.1, -0.05) is 26.0 Å². The third kappa shape index (κ3) is 4.05. The average Bonchev–Trinajstić information content (AvgIpc) is 2.16. The minimum Gasteiger partial charge on any atom is -0.490 e. The van der Waals surface area contributed by atoms with E-state index in [2.05, 4.69) is 0 Å². The number of carboxylic acid groups (broad SMARTS) is 1. The van der Waals surface area contributed by atoms with Crippen molar-refractivity contribution in [1.82, 2.24) is 0 Å². The Balaban J connectivity index is 0.00000256. The number of benzene rings is 1. The molecular formula is C13H18NiO3. The molecule has 0 saturated heterocycles. The molecule has 1 aromatic rings. The maximum Gasteiger partial charge on any atom is 0.339 e. The molecule has 0 unspecified atom stereocenters. The predicted molar refractivity (Wildman–Crippen MR) is 63.3 cm³/mol. The van der Waals surface area contributed by atoms with Gasteiger partial charge in [0.05, 0.1) is 6.10 Å². The maximum absolute atomic E-state index is 11.1. The van der Waals surface area contributed by atoms with Crippen molar-refractivity contribution in [2.45, 2.75) is 39.7 Å². The van der Waals surface area contributed by atoms with Gasteiger partial charge in [-0.15, -0.1) is 0 Å². The first-order valence-electron chi connectivity index (χ1n) is 5.46. The summed E-state index contributed by atoms with van der Waals surface area (Å²) < 4.78 is 5.62. The Hall–Kier alpha value is -1.02. The third-order valence-electron chi connectivity index (χ3n) is 2.25. The van der Waals surface area contributed by atoms with Crippen LogP contribution in [-0.4, -0.2) is 17.2 Å². The largest absolute Gasteiger partial charge is 0.490 e. The van der Waals surface area contributed by atoms with Gasteiger partial charge in [-0.25, -0.2) is 4.79 Å². The van der Waals surface area contributed by atoms with E-state index in [9.17, 15) is 4.79 Å². The van der Waals surface area contributed by atoms with Crippen molar-refractivity contribution in [3.8, 4) is 5.75 Å². The van der Waals surface area contributed by atoms with Gasteiger partial charge in [0.2, 0.25) is 0 Å². The number of ether oxygens (including phenoxy) is 1. The monoisotopic (exact) mass is 280 g/mol. The molecule has 0 heterocycles. The van der Waals surface area contributed by atoms with Crippen molar-refractivity contribution in [1.29, 1.82) is 0 Å². The van der Waals surface area contributed by atoms with E-state index in [0.29, 0.717) is 5.75 Å². The second-order valence-electron chi connectivity index (χ2n) is 4.35.